The molecular formula is C22H18F3N6O2+. The van der Waals surface area contributed by atoms with Gasteiger partial charge in [-0.15, -0.1) is 13.2 Å². The molecule has 0 aliphatic carbocycles. The summed E-state index contributed by atoms with van der Waals surface area (Å²) in [4.78, 5) is 17.6. The first kappa shape index (κ1) is 20.9. The Morgan fingerprint density at radius 1 is 1.18 bits per heavy atom. The van der Waals surface area contributed by atoms with E-state index >= 15 is 0 Å². The van der Waals surface area contributed by atoms with E-state index in [1.165, 1.54) is 24.5 Å². The Morgan fingerprint density at radius 3 is 2.82 bits per heavy atom. The first-order valence-corrected chi connectivity index (χ1v) is 9.97. The van der Waals surface area contributed by atoms with Crippen LogP contribution in [0.2, 0.25) is 0 Å². The highest BCUT2D eigenvalue weighted by Crippen LogP contribution is 2.28. The van der Waals surface area contributed by atoms with Crippen molar-refractivity contribution < 1.29 is 27.2 Å². The van der Waals surface area contributed by atoms with Gasteiger partial charge in [0.05, 0.1) is 24.5 Å². The fourth-order valence-corrected chi connectivity index (χ4v) is 3.91. The normalized spacial score (nSPS) is 17.8. The average molecular weight is 455 g/mol. The first-order chi connectivity index (χ1) is 15.8. The van der Waals surface area contributed by atoms with E-state index in [2.05, 4.69) is 24.7 Å². The number of hydrogen-bond donors (Lipinski definition) is 0. The van der Waals surface area contributed by atoms with Crippen molar-refractivity contribution in [1.29, 1.82) is 0 Å². The largest absolute Gasteiger partial charge is 0.573 e. The molecule has 0 spiro atoms. The number of aliphatic imine (C=N–C) groups is 2. The molecule has 5 rings (SSSR count). The lowest BCUT2D eigenvalue weighted by atomic mass is 10.1. The summed E-state index contributed by atoms with van der Waals surface area (Å²) in [7, 11) is 1.54. The molecule has 1 aromatic carbocycles. The number of rotatable bonds is 5. The Bertz CT molecular complexity index is 1370. The van der Waals surface area contributed by atoms with Gasteiger partial charge in [-0.1, -0.05) is 17.1 Å². The number of methoxy groups -OCH3 is 1. The number of aromatic nitrogens is 3. The molecule has 8 nitrogen and oxygen atoms in total. The second-order valence-corrected chi connectivity index (χ2v) is 7.41. The van der Waals surface area contributed by atoms with E-state index in [0.717, 1.165) is 16.9 Å². The summed E-state index contributed by atoms with van der Waals surface area (Å²) >= 11 is 0. The van der Waals surface area contributed by atoms with Crippen LogP contribution in [-0.2, 0) is 6.54 Å². The molecule has 2 aliphatic heterocycles. The van der Waals surface area contributed by atoms with Gasteiger partial charge in [-0.2, -0.15) is 4.98 Å². The van der Waals surface area contributed by atoms with Crippen LogP contribution in [-0.4, -0.2) is 56.5 Å². The quantitative estimate of drug-likeness (QED) is 0.550. The zero-order valence-corrected chi connectivity index (χ0v) is 17.6. The number of alkyl halides is 3. The van der Waals surface area contributed by atoms with Gasteiger partial charge in [0.1, 0.15) is 24.1 Å². The molecule has 0 N–H and O–H groups in total. The third kappa shape index (κ3) is 3.97. The number of amidine groups is 1. The molecule has 1 unspecified atom stereocenters. The highest BCUT2D eigenvalue weighted by Gasteiger charge is 2.36. The van der Waals surface area contributed by atoms with E-state index in [0.29, 0.717) is 29.3 Å². The fourth-order valence-electron chi connectivity index (χ4n) is 3.91. The molecule has 4 heterocycles. The number of ether oxygens (including phenoxy) is 2. The molecule has 0 amide bonds. The molecule has 168 valence electrons. The van der Waals surface area contributed by atoms with Crippen LogP contribution in [0.15, 0.2) is 58.9 Å². The van der Waals surface area contributed by atoms with Crippen LogP contribution in [0.3, 0.4) is 0 Å². The monoisotopic (exact) mass is 455 g/mol. The predicted molar refractivity (Wildman–Crippen MR) is 116 cm³/mol. The van der Waals surface area contributed by atoms with Crippen molar-refractivity contribution >= 4 is 34.5 Å². The molecule has 11 heteroatoms. The summed E-state index contributed by atoms with van der Waals surface area (Å²) in [5, 5.41) is 0. The SMILES string of the molecule is COc1ncnc2ccn(C3=CC4=[N+](Cc5cccc(OC(F)(F)F)c5)C(C)=NC4N=C3)c12. The third-order valence-electron chi connectivity index (χ3n) is 5.30. The Kier molecular flexibility index (Phi) is 4.95. The Morgan fingerprint density at radius 2 is 2.03 bits per heavy atom. The standard InChI is InChI=1S/C22H18F3N6O2/c1-13-29-20-18(31(13)11-14-4-3-5-16(8-14)33-22(23,24)25)9-15(10-26-20)30-7-6-17-19(30)21(32-2)28-12-27-17/h3-10,12,20H,11H2,1-2H3/q+1. The number of hydrogen-bond acceptors (Lipinski definition) is 6. The number of benzene rings is 1. The molecule has 3 aromatic rings. The summed E-state index contributed by atoms with van der Waals surface area (Å²) < 4.78 is 51.1. The van der Waals surface area contributed by atoms with Crippen LogP contribution in [0.1, 0.15) is 12.5 Å². The van der Waals surface area contributed by atoms with Crippen molar-refractivity contribution in [2.75, 3.05) is 7.11 Å². The summed E-state index contributed by atoms with van der Waals surface area (Å²) in [6, 6.07) is 7.76. The number of nitrogens with zero attached hydrogens (tertiary/aromatic N) is 6. The second-order valence-electron chi connectivity index (χ2n) is 7.41. The summed E-state index contributed by atoms with van der Waals surface area (Å²) in [6.07, 6.45) is 1.79. The van der Waals surface area contributed by atoms with Gasteiger partial charge in [-0.05, 0) is 23.8 Å². The van der Waals surface area contributed by atoms with Crippen molar-refractivity contribution in [3.05, 3.63) is 54.5 Å². The number of allylic oxidation sites excluding steroid dienone is 1. The summed E-state index contributed by atoms with van der Waals surface area (Å²) in [5.74, 6) is 0.882. The second kappa shape index (κ2) is 7.84. The summed E-state index contributed by atoms with van der Waals surface area (Å²) in [6.45, 7) is 2.15. The maximum absolute atomic E-state index is 12.6. The maximum atomic E-state index is 12.6. The summed E-state index contributed by atoms with van der Waals surface area (Å²) in [5.41, 5.74) is 3.64. The molecule has 0 fully saturated rings. The minimum absolute atomic E-state index is 0.265. The van der Waals surface area contributed by atoms with E-state index in [4.69, 9.17) is 4.74 Å². The molecule has 0 saturated heterocycles. The highest BCUT2D eigenvalue weighted by molar-refractivity contribution is 6.19. The number of fused-ring (bicyclic) bond motifs is 2. The van der Waals surface area contributed by atoms with Crippen LogP contribution >= 0.6 is 0 Å². The van der Waals surface area contributed by atoms with Crippen LogP contribution in [0.4, 0.5) is 13.2 Å². The van der Waals surface area contributed by atoms with Gasteiger partial charge in [0.2, 0.25) is 5.88 Å². The van der Waals surface area contributed by atoms with E-state index in [9.17, 15) is 13.2 Å². The predicted octanol–water partition coefficient (Wildman–Crippen LogP) is 3.68. The van der Waals surface area contributed by atoms with Gasteiger partial charge >= 0.3 is 6.36 Å². The van der Waals surface area contributed by atoms with Gasteiger partial charge in [0, 0.05) is 19.2 Å². The molecule has 2 aromatic heterocycles. The Hall–Kier alpha value is -4.02. The number of dihydropyridines is 1. The minimum atomic E-state index is -4.75. The minimum Gasteiger partial charge on any atom is -0.479 e. The first-order valence-electron chi connectivity index (χ1n) is 9.97. The zero-order valence-electron chi connectivity index (χ0n) is 17.6. The average Bonchev–Trinajstić information content (AvgIpc) is 3.33. The van der Waals surface area contributed by atoms with Crippen LogP contribution in [0.25, 0.3) is 16.7 Å². The molecule has 2 aliphatic rings. The number of halogens is 3. The van der Waals surface area contributed by atoms with E-state index in [1.54, 1.807) is 19.4 Å². The van der Waals surface area contributed by atoms with Gasteiger partial charge in [0.15, 0.2) is 5.71 Å². The topological polar surface area (TPSA) is 76.9 Å². The lowest BCUT2D eigenvalue weighted by Gasteiger charge is -2.13. The van der Waals surface area contributed by atoms with Crippen molar-refractivity contribution in [3.8, 4) is 11.6 Å². The van der Waals surface area contributed by atoms with Crippen molar-refractivity contribution in [2.24, 2.45) is 9.98 Å². The molecule has 0 saturated carbocycles. The molecule has 0 radical (unpaired) electrons. The van der Waals surface area contributed by atoms with Crippen molar-refractivity contribution in [2.45, 2.75) is 26.0 Å². The smallest absolute Gasteiger partial charge is 0.479 e. The third-order valence-corrected chi connectivity index (χ3v) is 5.30. The van der Waals surface area contributed by atoms with Gasteiger partial charge in [0.25, 0.3) is 12.0 Å². The van der Waals surface area contributed by atoms with Gasteiger partial charge in [-0.3, -0.25) is 0 Å². The molecule has 0 bridgehead atoms. The van der Waals surface area contributed by atoms with E-state index in [1.807, 2.05) is 34.4 Å². The Labute approximate surface area is 186 Å². The lowest BCUT2D eigenvalue weighted by molar-refractivity contribution is -0.423. The lowest BCUT2D eigenvalue weighted by Crippen LogP contribution is -2.26. The van der Waals surface area contributed by atoms with Gasteiger partial charge < -0.3 is 14.0 Å². The van der Waals surface area contributed by atoms with E-state index in [-0.39, 0.29) is 5.75 Å². The van der Waals surface area contributed by atoms with Crippen LogP contribution in [0.5, 0.6) is 11.6 Å². The zero-order chi connectivity index (χ0) is 23.2. The highest BCUT2D eigenvalue weighted by atomic mass is 19.4. The molecule has 1 atom stereocenters. The van der Waals surface area contributed by atoms with Crippen LogP contribution in [0, 0.1) is 0 Å². The fraction of sp³-hybridized carbons (Fsp3) is 0.227. The van der Waals surface area contributed by atoms with Crippen molar-refractivity contribution in [1.82, 2.24) is 14.5 Å². The molecule has 33 heavy (non-hydrogen) atoms. The maximum Gasteiger partial charge on any atom is 0.573 e. The van der Waals surface area contributed by atoms with Crippen LogP contribution < -0.4 is 9.47 Å². The molecular weight excluding hydrogens is 437 g/mol. The van der Waals surface area contributed by atoms with Crippen molar-refractivity contribution in [3.63, 3.8) is 0 Å². The Balaban J connectivity index is 1.52. The van der Waals surface area contributed by atoms with E-state index < -0.39 is 12.5 Å². The van der Waals surface area contributed by atoms with Gasteiger partial charge in [-0.25, -0.2) is 14.6 Å².